The maximum Gasteiger partial charge on any atom is 0.248 e. The Morgan fingerprint density at radius 2 is 1.73 bits per heavy atom. The number of rotatable bonds is 5. The minimum absolute atomic E-state index is 0.0376. The lowest BCUT2D eigenvalue weighted by molar-refractivity contribution is -0.111. The quantitative estimate of drug-likeness (QED) is 0.538. The zero-order valence-electron chi connectivity index (χ0n) is 14.7. The van der Waals surface area contributed by atoms with Crippen LogP contribution >= 0.6 is 0 Å². The number of ether oxygens (including phenoxy) is 1. The summed E-state index contributed by atoms with van der Waals surface area (Å²) < 4.78 is 5.22. The Morgan fingerprint density at radius 1 is 0.962 bits per heavy atom. The van der Waals surface area contributed by atoms with Gasteiger partial charge in [-0.3, -0.25) is 9.59 Å². The van der Waals surface area contributed by atoms with Crippen molar-refractivity contribution >= 4 is 34.2 Å². The molecule has 0 aliphatic rings. The molecule has 0 spiro atoms. The summed E-state index contributed by atoms with van der Waals surface area (Å²) in [5.74, 6) is 0.526. The third kappa shape index (κ3) is 4.16. The number of ketones is 1. The van der Waals surface area contributed by atoms with Gasteiger partial charge in [0.1, 0.15) is 5.75 Å². The highest BCUT2D eigenvalue weighted by Crippen LogP contribution is 2.22. The lowest BCUT2D eigenvalue weighted by Gasteiger charge is -2.04. The fourth-order valence-corrected chi connectivity index (χ4v) is 2.64. The van der Waals surface area contributed by atoms with Crippen molar-refractivity contribution < 1.29 is 14.3 Å². The summed E-state index contributed by atoms with van der Waals surface area (Å²) in [4.78, 5) is 23.5. The zero-order valence-corrected chi connectivity index (χ0v) is 14.7. The van der Waals surface area contributed by atoms with Crippen molar-refractivity contribution in [3.63, 3.8) is 0 Å². The van der Waals surface area contributed by atoms with Gasteiger partial charge < -0.3 is 10.1 Å². The standard InChI is InChI=1S/C22H19NO3/c1-15(24)17-4-3-5-20(13-17)23-22(25)11-7-16-6-8-19-14-21(26-2)10-9-18(19)12-16/h3-14H,1-2H3,(H,23,25)/b11-7+. The first-order chi connectivity index (χ1) is 12.5. The molecule has 0 aromatic heterocycles. The SMILES string of the molecule is COc1ccc2cc(/C=C/C(=O)Nc3cccc(C(C)=O)c3)ccc2c1. The molecule has 0 bridgehead atoms. The average molecular weight is 345 g/mol. The van der Waals surface area contributed by atoms with Crippen LogP contribution in [0.1, 0.15) is 22.8 Å². The van der Waals surface area contributed by atoms with E-state index in [-0.39, 0.29) is 11.7 Å². The van der Waals surface area contributed by atoms with Crippen LogP contribution in [-0.2, 0) is 4.79 Å². The number of amides is 1. The van der Waals surface area contributed by atoms with Crippen LogP contribution in [0.3, 0.4) is 0 Å². The van der Waals surface area contributed by atoms with Crippen molar-refractivity contribution in [1.82, 2.24) is 0 Å². The van der Waals surface area contributed by atoms with Crippen LogP contribution in [0.2, 0.25) is 0 Å². The fraction of sp³-hybridized carbons (Fsp3) is 0.0909. The van der Waals surface area contributed by atoms with Crippen molar-refractivity contribution in [3.05, 3.63) is 77.9 Å². The highest BCUT2D eigenvalue weighted by atomic mass is 16.5. The Kier molecular flexibility index (Phi) is 5.13. The lowest BCUT2D eigenvalue weighted by Crippen LogP contribution is -2.08. The molecule has 0 saturated carbocycles. The molecule has 4 heteroatoms. The predicted molar refractivity (Wildman–Crippen MR) is 105 cm³/mol. The van der Waals surface area contributed by atoms with Crippen LogP contribution in [0.4, 0.5) is 5.69 Å². The molecule has 0 aliphatic carbocycles. The molecule has 1 amide bonds. The fourth-order valence-electron chi connectivity index (χ4n) is 2.64. The van der Waals surface area contributed by atoms with E-state index in [1.165, 1.54) is 13.0 Å². The van der Waals surface area contributed by atoms with Gasteiger partial charge in [0.2, 0.25) is 5.91 Å². The second-order valence-electron chi connectivity index (χ2n) is 5.93. The normalized spacial score (nSPS) is 10.8. The third-order valence-electron chi connectivity index (χ3n) is 4.04. The van der Waals surface area contributed by atoms with E-state index in [2.05, 4.69) is 5.32 Å². The van der Waals surface area contributed by atoms with Crippen LogP contribution < -0.4 is 10.1 Å². The Hall–Kier alpha value is -3.40. The summed E-state index contributed by atoms with van der Waals surface area (Å²) in [6, 6.07) is 18.7. The minimum atomic E-state index is -0.250. The zero-order chi connectivity index (χ0) is 18.5. The molecule has 0 saturated heterocycles. The summed E-state index contributed by atoms with van der Waals surface area (Å²) in [7, 11) is 1.64. The van der Waals surface area contributed by atoms with Crippen LogP contribution in [0.15, 0.2) is 66.7 Å². The number of hydrogen-bond acceptors (Lipinski definition) is 3. The molecule has 3 aromatic rings. The molecule has 0 unspecified atom stereocenters. The van der Waals surface area contributed by atoms with E-state index in [4.69, 9.17) is 4.74 Å². The molecule has 1 N–H and O–H groups in total. The minimum Gasteiger partial charge on any atom is -0.497 e. The van der Waals surface area contributed by atoms with Crippen LogP contribution in [0.25, 0.3) is 16.8 Å². The second-order valence-corrected chi connectivity index (χ2v) is 5.93. The van der Waals surface area contributed by atoms with Crippen LogP contribution in [0, 0.1) is 0 Å². The molecule has 26 heavy (non-hydrogen) atoms. The van der Waals surface area contributed by atoms with Gasteiger partial charge in [0.05, 0.1) is 7.11 Å². The summed E-state index contributed by atoms with van der Waals surface area (Å²) in [6.07, 6.45) is 3.24. The summed E-state index contributed by atoms with van der Waals surface area (Å²) in [5, 5.41) is 4.91. The summed E-state index contributed by atoms with van der Waals surface area (Å²) in [5.41, 5.74) is 2.09. The number of hydrogen-bond donors (Lipinski definition) is 1. The van der Waals surface area contributed by atoms with Gasteiger partial charge in [-0.25, -0.2) is 0 Å². The largest absolute Gasteiger partial charge is 0.497 e. The Balaban J connectivity index is 1.72. The number of carbonyl (C=O) groups is 2. The molecule has 0 fully saturated rings. The van der Waals surface area contributed by atoms with E-state index >= 15 is 0 Å². The second kappa shape index (κ2) is 7.66. The number of Topliss-reactive ketones (excluding diaryl/α,β-unsaturated/α-hetero) is 1. The van der Waals surface area contributed by atoms with Gasteiger partial charge in [0.15, 0.2) is 5.78 Å². The molecule has 0 atom stereocenters. The molecule has 0 heterocycles. The molecular weight excluding hydrogens is 326 g/mol. The van der Waals surface area contributed by atoms with Crippen molar-refractivity contribution in [3.8, 4) is 5.75 Å². The molecule has 130 valence electrons. The number of fused-ring (bicyclic) bond motifs is 1. The van der Waals surface area contributed by atoms with Crippen molar-refractivity contribution in [2.45, 2.75) is 6.92 Å². The monoisotopic (exact) mass is 345 g/mol. The summed E-state index contributed by atoms with van der Waals surface area (Å²) >= 11 is 0. The number of methoxy groups -OCH3 is 1. The number of anilines is 1. The smallest absolute Gasteiger partial charge is 0.248 e. The van der Waals surface area contributed by atoms with E-state index in [9.17, 15) is 9.59 Å². The van der Waals surface area contributed by atoms with Gasteiger partial charge in [-0.2, -0.15) is 0 Å². The first-order valence-electron chi connectivity index (χ1n) is 8.23. The predicted octanol–water partition coefficient (Wildman–Crippen LogP) is 4.70. The molecule has 3 aromatic carbocycles. The van der Waals surface area contributed by atoms with E-state index < -0.39 is 0 Å². The maximum atomic E-state index is 12.1. The van der Waals surface area contributed by atoms with Crippen molar-refractivity contribution in [2.24, 2.45) is 0 Å². The van der Waals surface area contributed by atoms with Crippen LogP contribution in [0.5, 0.6) is 5.75 Å². The Morgan fingerprint density at radius 3 is 2.50 bits per heavy atom. The molecule has 4 nitrogen and oxygen atoms in total. The van der Waals surface area contributed by atoms with Gasteiger partial charge in [-0.1, -0.05) is 30.3 Å². The number of carbonyl (C=O) groups excluding carboxylic acids is 2. The first kappa shape index (κ1) is 17.4. The molecular formula is C22H19NO3. The van der Waals surface area contributed by atoms with E-state index in [0.29, 0.717) is 11.3 Å². The first-order valence-corrected chi connectivity index (χ1v) is 8.23. The molecule has 0 radical (unpaired) electrons. The third-order valence-corrected chi connectivity index (χ3v) is 4.04. The lowest BCUT2D eigenvalue weighted by atomic mass is 10.1. The molecule has 3 rings (SSSR count). The van der Waals surface area contributed by atoms with Gasteiger partial charge in [-0.05, 0) is 59.7 Å². The highest BCUT2D eigenvalue weighted by molar-refractivity contribution is 6.03. The van der Waals surface area contributed by atoms with E-state index in [0.717, 1.165) is 22.1 Å². The summed E-state index contributed by atoms with van der Waals surface area (Å²) in [6.45, 7) is 1.50. The van der Waals surface area contributed by atoms with Gasteiger partial charge in [0, 0.05) is 17.3 Å². The number of benzene rings is 3. The van der Waals surface area contributed by atoms with Gasteiger partial charge in [-0.15, -0.1) is 0 Å². The Labute approximate surface area is 152 Å². The van der Waals surface area contributed by atoms with E-state index in [1.54, 1.807) is 37.5 Å². The highest BCUT2D eigenvalue weighted by Gasteiger charge is 2.03. The van der Waals surface area contributed by atoms with Gasteiger partial charge in [0.25, 0.3) is 0 Å². The molecule has 0 aliphatic heterocycles. The van der Waals surface area contributed by atoms with Gasteiger partial charge >= 0.3 is 0 Å². The van der Waals surface area contributed by atoms with Crippen molar-refractivity contribution in [1.29, 1.82) is 0 Å². The Bertz CT molecular complexity index is 1010. The number of nitrogens with one attached hydrogen (secondary N) is 1. The van der Waals surface area contributed by atoms with Crippen LogP contribution in [-0.4, -0.2) is 18.8 Å². The maximum absolute atomic E-state index is 12.1. The topological polar surface area (TPSA) is 55.4 Å². The van der Waals surface area contributed by atoms with Crippen molar-refractivity contribution in [2.75, 3.05) is 12.4 Å². The van der Waals surface area contributed by atoms with E-state index in [1.807, 2.05) is 36.4 Å². The average Bonchev–Trinajstić information content (AvgIpc) is 2.66.